The minimum atomic E-state index is -0.758. The van der Waals surface area contributed by atoms with E-state index in [1.165, 1.54) is 0 Å². The lowest BCUT2D eigenvalue weighted by atomic mass is 9.84. The van der Waals surface area contributed by atoms with Crippen LogP contribution in [0.15, 0.2) is 29.8 Å². The summed E-state index contributed by atoms with van der Waals surface area (Å²) in [6.45, 7) is 18.3. The number of hydrogen-bond donors (Lipinski definition) is 3. The van der Waals surface area contributed by atoms with E-state index in [-0.39, 0.29) is 43.3 Å². The molecule has 0 radical (unpaired) electrons. The number of benzene rings is 1. The van der Waals surface area contributed by atoms with Gasteiger partial charge in [-0.15, -0.1) is 11.3 Å². The van der Waals surface area contributed by atoms with Gasteiger partial charge < -0.3 is 25.4 Å². The topological polar surface area (TPSA) is 124 Å². The summed E-state index contributed by atoms with van der Waals surface area (Å²) in [5.41, 5.74) is 3.98. The number of aliphatic hydroxyl groups is 1. The average molecular weight is 656 g/mol. The number of rotatable bonds is 10. The zero-order valence-electron chi connectivity index (χ0n) is 28.8. The highest BCUT2D eigenvalue weighted by Crippen LogP contribution is 2.30. The van der Waals surface area contributed by atoms with Crippen molar-refractivity contribution in [3.8, 4) is 10.4 Å². The number of thiazole rings is 1. The first kappa shape index (κ1) is 36.0. The van der Waals surface area contributed by atoms with Crippen molar-refractivity contribution in [2.75, 3.05) is 32.7 Å². The maximum atomic E-state index is 14.1. The van der Waals surface area contributed by atoms with Gasteiger partial charge in [-0.3, -0.25) is 19.3 Å². The smallest absolute Gasteiger partial charge is 0.320 e. The van der Waals surface area contributed by atoms with E-state index in [1.54, 1.807) is 16.2 Å². The molecule has 2 aliphatic heterocycles. The van der Waals surface area contributed by atoms with Crippen LogP contribution >= 0.6 is 11.3 Å². The second kappa shape index (κ2) is 14.9. The molecule has 2 aliphatic rings. The van der Waals surface area contributed by atoms with Gasteiger partial charge in [-0.1, -0.05) is 45.0 Å². The number of aliphatic hydroxyl groups excluding tert-OH is 1. The van der Waals surface area contributed by atoms with Crippen LogP contribution in [0.25, 0.3) is 10.4 Å². The van der Waals surface area contributed by atoms with Gasteiger partial charge in [0, 0.05) is 13.0 Å². The number of esters is 1. The number of carbonyl (C=O) groups excluding carboxylic acids is 3. The quantitative estimate of drug-likeness (QED) is 0.324. The summed E-state index contributed by atoms with van der Waals surface area (Å²) in [6.07, 6.45) is 1.28. The van der Waals surface area contributed by atoms with Crippen molar-refractivity contribution < 1.29 is 24.2 Å². The maximum Gasteiger partial charge on any atom is 0.320 e. The Morgan fingerprint density at radius 3 is 2.30 bits per heavy atom. The van der Waals surface area contributed by atoms with Gasteiger partial charge in [0.15, 0.2) is 0 Å². The van der Waals surface area contributed by atoms with Crippen LogP contribution in [0.3, 0.4) is 0 Å². The van der Waals surface area contributed by atoms with Crippen molar-refractivity contribution >= 4 is 29.1 Å². The van der Waals surface area contributed by atoms with Crippen molar-refractivity contribution in [2.24, 2.45) is 11.3 Å². The van der Waals surface area contributed by atoms with E-state index in [4.69, 9.17) is 4.74 Å². The second-order valence-corrected chi connectivity index (χ2v) is 15.9. The molecule has 0 aliphatic carbocycles. The van der Waals surface area contributed by atoms with Crippen molar-refractivity contribution in [1.29, 1.82) is 0 Å². The lowest BCUT2D eigenvalue weighted by molar-refractivity contribution is -0.156. The number of hydrogen-bond acceptors (Lipinski definition) is 9. The molecule has 0 unspecified atom stereocenters. The molecule has 0 spiro atoms. The highest BCUT2D eigenvalue weighted by Gasteiger charge is 2.44. The molecule has 1 aromatic heterocycles. The van der Waals surface area contributed by atoms with E-state index in [0.717, 1.165) is 47.6 Å². The van der Waals surface area contributed by atoms with Crippen LogP contribution in [0.4, 0.5) is 0 Å². The molecular formula is C35H53N5O5S. The maximum absolute atomic E-state index is 14.1. The number of likely N-dealkylation sites (tertiary alicyclic amines) is 2. The summed E-state index contributed by atoms with van der Waals surface area (Å²) in [7, 11) is 0. The Bertz CT molecular complexity index is 1340. The molecule has 0 bridgehead atoms. The molecular weight excluding hydrogens is 602 g/mol. The van der Waals surface area contributed by atoms with E-state index in [1.807, 2.05) is 85.2 Å². The molecule has 1 aromatic carbocycles. The Labute approximate surface area is 278 Å². The van der Waals surface area contributed by atoms with Crippen molar-refractivity contribution in [2.45, 2.75) is 104 Å². The van der Waals surface area contributed by atoms with Gasteiger partial charge in [-0.2, -0.15) is 0 Å². The number of piperidine rings is 1. The lowest BCUT2D eigenvalue weighted by Crippen LogP contribution is -2.57. The van der Waals surface area contributed by atoms with Gasteiger partial charge in [-0.05, 0) is 89.6 Å². The van der Waals surface area contributed by atoms with Gasteiger partial charge >= 0.3 is 5.97 Å². The largest absolute Gasteiger partial charge is 0.459 e. The molecule has 2 saturated heterocycles. The predicted molar refractivity (Wildman–Crippen MR) is 181 cm³/mol. The van der Waals surface area contributed by atoms with Crippen LogP contribution in [0.1, 0.15) is 85.0 Å². The summed E-state index contributed by atoms with van der Waals surface area (Å²) in [4.78, 5) is 49.0. The third-order valence-corrected chi connectivity index (χ3v) is 9.82. The molecule has 3 N–H and O–H groups in total. The number of carbonyl (C=O) groups is 3. The summed E-state index contributed by atoms with van der Waals surface area (Å²) in [5.74, 6) is -0.264. The summed E-state index contributed by atoms with van der Waals surface area (Å²) < 4.78 is 5.47. The van der Waals surface area contributed by atoms with Crippen LogP contribution in [0.2, 0.25) is 0 Å². The normalized spacial score (nSPS) is 21.2. The average Bonchev–Trinajstić information content (AvgIpc) is 3.57. The molecule has 0 saturated carbocycles. The second-order valence-electron chi connectivity index (χ2n) is 15.0. The number of amides is 2. The van der Waals surface area contributed by atoms with Gasteiger partial charge in [0.05, 0.1) is 40.8 Å². The van der Waals surface area contributed by atoms with Crippen molar-refractivity contribution in [1.82, 2.24) is 25.4 Å². The lowest BCUT2D eigenvalue weighted by Gasteiger charge is -2.38. The standard InChI is InChI=1S/C35H53N5O5S/c1-22(25-9-11-26(12-10-25)30-23(2)37-21-46-30)38-32(43)28-17-27(41)19-40(28)33(44)31(34(3,4)5)36-18-24-13-15-39(16-14-24)20-29(42)45-35(6,7)8/h9-12,21-22,24,27-28,31,36,41H,13-20H2,1-8H3,(H,38,43)/t22-,27+,28-,31+/m0/s1. The number of β-amino-alcohol motifs (C(OH)–C–C–N with tert-alkyl or cyclic N) is 1. The van der Waals surface area contributed by atoms with E-state index < -0.39 is 29.2 Å². The van der Waals surface area contributed by atoms with Gasteiger partial charge in [0.2, 0.25) is 11.8 Å². The Kier molecular flexibility index (Phi) is 11.7. The first-order valence-corrected chi connectivity index (χ1v) is 17.4. The molecule has 254 valence electrons. The Hall–Kier alpha value is -2.86. The number of nitrogens with zero attached hydrogens (tertiary/aromatic N) is 3. The van der Waals surface area contributed by atoms with E-state index in [9.17, 15) is 19.5 Å². The molecule has 46 heavy (non-hydrogen) atoms. The van der Waals surface area contributed by atoms with Gasteiger partial charge in [0.25, 0.3) is 0 Å². The Morgan fingerprint density at radius 1 is 1.09 bits per heavy atom. The zero-order chi connectivity index (χ0) is 33.8. The monoisotopic (exact) mass is 655 g/mol. The highest BCUT2D eigenvalue weighted by atomic mass is 32.1. The van der Waals surface area contributed by atoms with E-state index in [0.29, 0.717) is 12.5 Å². The van der Waals surface area contributed by atoms with Gasteiger partial charge in [-0.25, -0.2) is 4.98 Å². The van der Waals surface area contributed by atoms with Crippen LogP contribution < -0.4 is 10.6 Å². The molecule has 2 amide bonds. The Balaban J connectivity index is 1.33. The number of ether oxygens (including phenoxy) is 1. The van der Waals surface area contributed by atoms with Crippen molar-refractivity contribution in [3.63, 3.8) is 0 Å². The third kappa shape index (κ3) is 9.59. The fourth-order valence-corrected chi connectivity index (χ4v) is 7.13. The molecule has 4 atom stereocenters. The molecule has 10 nitrogen and oxygen atoms in total. The number of aromatic nitrogens is 1. The van der Waals surface area contributed by atoms with E-state index in [2.05, 4.69) is 20.5 Å². The molecule has 2 fully saturated rings. The Morgan fingerprint density at radius 2 is 1.74 bits per heavy atom. The third-order valence-electron chi connectivity index (χ3n) is 8.85. The first-order valence-electron chi connectivity index (χ1n) is 16.5. The first-order chi connectivity index (χ1) is 21.5. The van der Waals surface area contributed by atoms with Crippen molar-refractivity contribution in [3.05, 3.63) is 41.0 Å². The van der Waals surface area contributed by atoms with Crippen LogP contribution in [-0.2, 0) is 19.1 Å². The molecule has 3 heterocycles. The zero-order valence-corrected chi connectivity index (χ0v) is 29.6. The van der Waals surface area contributed by atoms with Crippen LogP contribution in [-0.4, -0.2) is 94.2 Å². The van der Waals surface area contributed by atoms with Gasteiger partial charge in [0.1, 0.15) is 11.6 Å². The highest BCUT2D eigenvalue weighted by molar-refractivity contribution is 7.13. The number of nitrogens with one attached hydrogen (secondary N) is 2. The SMILES string of the molecule is Cc1ncsc1-c1ccc([C@H](C)NC(=O)[C@@H]2C[C@@H](O)CN2C(=O)[C@@H](NCC2CCN(CC(=O)OC(C)(C)C)CC2)C(C)(C)C)cc1. The summed E-state index contributed by atoms with van der Waals surface area (Å²) >= 11 is 1.60. The summed E-state index contributed by atoms with van der Waals surface area (Å²) in [5, 5.41) is 17.2. The fourth-order valence-electron chi connectivity index (χ4n) is 6.32. The molecule has 11 heteroatoms. The molecule has 4 rings (SSSR count). The van der Waals surface area contributed by atoms with Crippen LogP contribution in [0, 0.1) is 18.3 Å². The minimum absolute atomic E-state index is 0.130. The minimum Gasteiger partial charge on any atom is -0.459 e. The fraction of sp³-hybridized carbons (Fsp3) is 0.657. The predicted octanol–water partition coefficient (Wildman–Crippen LogP) is 4.32. The number of aryl methyl sites for hydroxylation is 1. The van der Waals surface area contributed by atoms with E-state index >= 15 is 0 Å². The molecule has 2 aromatic rings. The summed E-state index contributed by atoms with van der Waals surface area (Å²) in [6, 6.07) is 6.56. The van der Waals surface area contributed by atoms with Crippen LogP contribution in [0.5, 0.6) is 0 Å².